The topological polar surface area (TPSA) is 64.3 Å². The zero-order valence-corrected chi connectivity index (χ0v) is 10.1. The number of methoxy groups -OCH3 is 1. The Labute approximate surface area is 105 Å². The third-order valence-electron chi connectivity index (χ3n) is 2.65. The van der Waals surface area contributed by atoms with Crippen molar-refractivity contribution in [2.75, 3.05) is 12.4 Å². The second-order valence-corrected chi connectivity index (χ2v) is 3.96. The average molecular weight is 261 g/mol. The molecular weight excluding hydrogens is 247 g/mol. The number of rotatable bonds is 3. The van der Waals surface area contributed by atoms with Crippen molar-refractivity contribution in [2.24, 2.45) is 5.73 Å². The third kappa shape index (κ3) is 2.87. The van der Waals surface area contributed by atoms with Crippen LogP contribution in [0.3, 0.4) is 0 Å². The zero-order valence-electron chi connectivity index (χ0n) is 9.33. The number of carbonyl (C=O) groups excluding carboxylic acids is 1. The molecule has 94 valence electrons. The summed E-state index contributed by atoms with van der Waals surface area (Å²) < 4.78 is 18.1. The molecule has 1 saturated carbocycles. The Morgan fingerprint density at radius 3 is 2.65 bits per heavy atom. The summed E-state index contributed by atoms with van der Waals surface area (Å²) in [6.07, 6.45) is 1.36. The van der Waals surface area contributed by atoms with Crippen LogP contribution in [-0.2, 0) is 4.79 Å². The minimum absolute atomic E-state index is 0. The van der Waals surface area contributed by atoms with E-state index in [-0.39, 0.29) is 24.1 Å². The maximum atomic E-state index is 13.3. The third-order valence-corrected chi connectivity index (χ3v) is 2.65. The minimum atomic E-state index is -0.754. The van der Waals surface area contributed by atoms with Crippen LogP contribution in [0.1, 0.15) is 12.8 Å². The predicted molar refractivity (Wildman–Crippen MR) is 65.0 cm³/mol. The fourth-order valence-corrected chi connectivity index (χ4v) is 1.36. The van der Waals surface area contributed by atoms with Gasteiger partial charge in [0.05, 0.1) is 12.6 Å². The molecule has 0 aliphatic heterocycles. The van der Waals surface area contributed by atoms with Crippen LogP contribution in [-0.4, -0.2) is 18.6 Å². The zero-order chi connectivity index (χ0) is 11.8. The molecule has 0 bridgehead atoms. The van der Waals surface area contributed by atoms with Crippen LogP contribution in [0.2, 0.25) is 0 Å². The van der Waals surface area contributed by atoms with Crippen molar-refractivity contribution in [3.8, 4) is 5.75 Å². The van der Waals surface area contributed by atoms with Crippen molar-refractivity contribution in [2.45, 2.75) is 18.4 Å². The van der Waals surface area contributed by atoms with E-state index in [2.05, 4.69) is 5.32 Å². The molecule has 1 fully saturated rings. The van der Waals surface area contributed by atoms with Crippen molar-refractivity contribution in [1.29, 1.82) is 0 Å². The lowest BCUT2D eigenvalue weighted by atomic mass is 10.2. The Bertz CT molecular complexity index is 435. The number of anilines is 1. The molecule has 6 heteroatoms. The van der Waals surface area contributed by atoms with Gasteiger partial charge in [-0.1, -0.05) is 0 Å². The van der Waals surface area contributed by atoms with E-state index in [0.717, 1.165) is 0 Å². The molecule has 0 atom stereocenters. The van der Waals surface area contributed by atoms with E-state index in [0.29, 0.717) is 18.5 Å². The molecule has 2 rings (SSSR count). The summed E-state index contributed by atoms with van der Waals surface area (Å²) >= 11 is 0. The summed E-state index contributed by atoms with van der Waals surface area (Å²) in [5.41, 5.74) is 5.34. The summed E-state index contributed by atoms with van der Waals surface area (Å²) in [6, 6.07) is 4.25. The van der Waals surface area contributed by atoms with E-state index < -0.39 is 11.4 Å². The fourth-order valence-electron chi connectivity index (χ4n) is 1.36. The highest BCUT2D eigenvalue weighted by atomic mass is 35.5. The number of carbonyl (C=O) groups is 1. The van der Waals surface area contributed by atoms with Crippen LogP contribution < -0.4 is 15.8 Å². The maximum Gasteiger partial charge on any atom is 0.244 e. The molecular formula is C11H14ClFN2O2. The lowest BCUT2D eigenvalue weighted by Crippen LogP contribution is -2.37. The standard InChI is InChI=1S/C11H13FN2O2.ClH/c1-16-9-3-2-7(6-8(9)12)14-10(15)11(13)4-5-11;/h2-3,6H,4-5,13H2,1H3,(H,14,15);1H. The molecule has 1 aliphatic rings. The van der Waals surface area contributed by atoms with Crippen molar-refractivity contribution in [3.63, 3.8) is 0 Å². The van der Waals surface area contributed by atoms with Gasteiger partial charge >= 0.3 is 0 Å². The highest BCUT2D eigenvalue weighted by Gasteiger charge is 2.45. The highest BCUT2D eigenvalue weighted by molar-refractivity contribution is 6.00. The van der Waals surface area contributed by atoms with Gasteiger partial charge in [0.1, 0.15) is 0 Å². The molecule has 1 aliphatic carbocycles. The first-order chi connectivity index (χ1) is 7.55. The van der Waals surface area contributed by atoms with Crippen molar-refractivity contribution in [3.05, 3.63) is 24.0 Å². The summed E-state index contributed by atoms with van der Waals surface area (Å²) in [4.78, 5) is 11.6. The molecule has 0 unspecified atom stereocenters. The lowest BCUT2D eigenvalue weighted by molar-refractivity contribution is -0.118. The van der Waals surface area contributed by atoms with E-state index in [1.165, 1.54) is 19.2 Å². The van der Waals surface area contributed by atoms with Gasteiger partial charge in [-0.05, 0) is 25.0 Å². The molecule has 0 radical (unpaired) electrons. The normalized spacial score (nSPS) is 15.7. The van der Waals surface area contributed by atoms with E-state index >= 15 is 0 Å². The van der Waals surface area contributed by atoms with Crippen LogP contribution in [0.15, 0.2) is 18.2 Å². The van der Waals surface area contributed by atoms with Crippen LogP contribution >= 0.6 is 12.4 Å². The number of nitrogens with two attached hydrogens (primary N) is 1. The molecule has 1 aromatic carbocycles. The summed E-state index contributed by atoms with van der Waals surface area (Å²) in [5, 5.41) is 2.58. The predicted octanol–water partition coefficient (Wildman–Crippen LogP) is 1.69. The van der Waals surface area contributed by atoms with E-state index in [9.17, 15) is 9.18 Å². The van der Waals surface area contributed by atoms with Gasteiger partial charge in [-0.15, -0.1) is 12.4 Å². The molecule has 3 N–H and O–H groups in total. The highest BCUT2D eigenvalue weighted by Crippen LogP contribution is 2.33. The maximum absolute atomic E-state index is 13.3. The second kappa shape index (κ2) is 4.89. The van der Waals surface area contributed by atoms with Gasteiger partial charge in [0.2, 0.25) is 5.91 Å². The van der Waals surface area contributed by atoms with Crippen LogP contribution in [0, 0.1) is 5.82 Å². The van der Waals surface area contributed by atoms with Gasteiger partial charge in [-0.3, -0.25) is 4.79 Å². The average Bonchev–Trinajstić information content (AvgIpc) is 2.98. The van der Waals surface area contributed by atoms with Gasteiger partial charge < -0.3 is 15.8 Å². The first kappa shape index (κ1) is 13.7. The van der Waals surface area contributed by atoms with Crippen LogP contribution in [0.25, 0.3) is 0 Å². The Morgan fingerprint density at radius 1 is 1.53 bits per heavy atom. The van der Waals surface area contributed by atoms with Crippen molar-refractivity contribution in [1.82, 2.24) is 0 Å². The smallest absolute Gasteiger partial charge is 0.244 e. The number of ether oxygens (including phenoxy) is 1. The quantitative estimate of drug-likeness (QED) is 0.869. The van der Waals surface area contributed by atoms with Gasteiger partial charge in [0.25, 0.3) is 0 Å². The van der Waals surface area contributed by atoms with E-state index in [1.807, 2.05) is 0 Å². The SMILES string of the molecule is COc1ccc(NC(=O)C2(N)CC2)cc1F.Cl. The molecule has 0 spiro atoms. The first-order valence-corrected chi connectivity index (χ1v) is 4.99. The molecule has 4 nitrogen and oxygen atoms in total. The largest absolute Gasteiger partial charge is 0.494 e. The van der Waals surface area contributed by atoms with Crippen molar-refractivity contribution >= 4 is 24.0 Å². The van der Waals surface area contributed by atoms with Gasteiger partial charge in [-0.25, -0.2) is 4.39 Å². The Morgan fingerprint density at radius 2 is 2.18 bits per heavy atom. The molecule has 0 heterocycles. The number of amides is 1. The lowest BCUT2D eigenvalue weighted by Gasteiger charge is -2.10. The first-order valence-electron chi connectivity index (χ1n) is 4.99. The summed E-state index contributed by atoms with van der Waals surface area (Å²) in [7, 11) is 1.38. The number of hydrogen-bond acceptors (Lipinski definition) is 3. The minimum Gasteiger partial charge on any atom is -0.494 e. The van der Waals surface area contributed by atoms with E-state index in [1.54, 1.807) is 6.07 Å². The number of benzene rings is 1. The molecule has 1 aromatic rings. The van der Waals surface area contributed by atoms with Gasteiger partial charge in [0, 0.05) is 11.8 Å². The molecule has 17 heavy (non-hydrogen) atoms. The van der Waals surface area contributed by atoms with Crippen LogP contribution in [0.4, 0.5) is 10.1 Å². The Kier molecular flexibility index (Phi) is 3.95. The molecule has 1 amide bonds. The number of nitrogens with one attached hydrogen (secondary N) is 1. The molecule has 0 saturated heterocycles. The second-order valence-electron chi connectivity index (χ2n) is 3.96. The fraction of sp³-hybridized carbons (Fsp3) is 0.364. The summed E-state index contributed by atoms with van der Waals surface area (Å²) in [5.74, 6) is -0.633. The number of hydrogen-bond donors (Lipinski definition) is 2. The van der Waals surface area contributed by atoms with E-state index in [4.69, 9.17) is 10.5 Å². The van der Waals surface area contributed by atoms with Crippen LogP contribution in [0.5, 0.6) is 5.75 Å². The Hall–Kier alpha value is -1.33. The number of halogens is 2. The van der Waals surface area contributed by atoms with Gasteiger partial charge in [0.15, 0.2) is 11.6 Å². The molecule has 0 aromatic heterocycles. The van der Waals surface area contributed by atoms with Crippen molar-refractivity contribution < 1.29 is 13.9 Å². The Balaban J connectivity index is 0.00000144. The summed E-state index contributed by atoms with van der Waals surface area (Å²) in [6.45, 7) is 0. The van der Waals surface area contributed by atoms with Gasteiger partial charge in [-0.2, -0.15) is 0 Å². The monoisotopic (exact) mass is 260 g/mol.